The summed E-state index contributed by atoms with van der Waals surface area (Å²) in [6, 6.07) is 0. The van der Waals surface area contributed by atoms with Gasteiger partial charge in [0.25, 0.3) is 0 Å². The summed E-state index contributed by atoms with van der Waals surface area (Å²) >= 11 is 0. The molecule has 0 saturated carbocycles. The van der Waals surface area contributed by atoms with Crippen LogP contribution in [0.3, 0.4) is 0 Å². The van der Waals surface area contributed by atoms with Crippen molar-refractivity contribution in [3.63, 3.8) is 0 Å². The van der Waals surface area contributed by atoms with Crippen LogP contribution in [0.2, 0.25) is 0 Å². The number of rotatable bonds is 5. The van der Waals surface area contributed by atoms with Crippen molar-refractivity contribution in [2.75, 3.05) is 6.61 Å². The first kappa shape index (κ1) is 11.3. The van der Waals surface area contributed by atoms with Crippen LogP contribution >= 0.6 is 0 Å². The van der Waals surface area contributed by atoms with E-state index in [9.17, 15) is 0 Å². The Morgan fingerprint density at radius 2 is 2.00 bits per heavy atom. The third-order valence-electron chi connectivity index (χ3n) is 1.54. The van der Waals surface area contributed by atoms with Gasteiger partial charge in [0.15, 0.2) is 0 Å². The number of hydrogen-bond acceptors (Lipinski definition) is 2. The number of aliphatic hydroxyl groups excluding tert-OH is 1. The zero-order valence-corrected chi connectivity index (χ0v) is 8.13. The quantitative estimate of drug-likeness (QED) is 0.506. The van der Waals surface area contributed by atoms with E-state index in [-0.39, 0.29) is 5.92 Å². The minimum Gasteiger partial charge on any atom is -0.462 e. The number of hydrogen-bond donors (Lipinski definition) is 1. The molecule has 0 bridgehead atoms. The van der Waals surface area contributed by atoms with Gasteiger partial charge in [-0.25, -0.2) is 0 Å². The molecule has 0 radical (unpaired) electrons. The van der Waals surface area contributed by atoms with E-state index < -0.39 is 0 Å². The Balaban J connectivity index is 3.23. The van der Waals surface area contributed by atoms with Gasteiger partial charge in [0.1, 0.15) is 6.11 Å². The molecular formula is C10H18O2. The van der Waals surface area contributed by atoms with Gasteiger partial charge in [-0.2, -0.15) is 0 Å². The first-order chi connectivity index (χ1) is 5.66. The Bertz CT molecular complexity index is 153. The largest absolute Gasteiger partial charge is 0.462 e. The lowest BCUT2D eigenvalue weighted by atomic mass is 10.1. The molecule has 0 aromatic rings. The third kappa shape index (κ3) is 7.43. The number of ether oxygens (including phenoxy) is 1. The van der Waals surface area contributed by atoms with Crippen molar-refractivity contribution >= 4 is 0 Å². The number of aliphatic hydroxyl groups is 1. The highest BCUT2D eigenvalue weighted by Gasteiger charge is 1.98. The maximum atomic E-state index is 8.29. The van der Waals surface area contributed by atoms with Gasteiger partial charge in [0, 0.05) is 12.5 Å². The zero-order valence-electron chi connectivity index (χ0n) is 8.13. The molecule has 1 atom stereocenters. The van der Waals surface area contributed by atoms with Crippen molar-refractivity contribution in [2.45, 2.75) is 39.7 Å². The monoisotopic (exact) mass is 170 g/mol. The molecule has 1 unspecified atom stereocenters. The Labute approximate surface area is 74.9 Å². The minimum atomic E-state index is 0.269. The molecule has 0 spiro atoms. The van der Waals surface area contributed by atoms with Crippen LogP contribution in [0.1, 0.15) is 33.6 Å². The fourth-order valence-corrected chi connectivity index (χ4v) is 0.891. The maximum Gasteiger partial charge on any atom is 0.107 e. The molecule has 70 valence electrons. The second-order valence-electron chi connectivity index (χ2n) is 3.22. The summed E-state index contributed by atoms with van der Waals surface area (Å²) in [7, 11) is 0. The van der Waals surface area contributed by atoms with Crippen molar-refractivity contribution < 1.29 is 9.84 Å². The van der Waals surface area contributed by atoms with Gasteiger partial charge in [0.2, 0.25) is 0 Å². The van der Waals surface area contributed by atoms with E-state index in [1.54, 1.807) is 0 Å². The van der Waals surface area contributed by atoms with Crippen molar-refractivity contribution in [1.29, 1.82) is 0 Å². The molecule has 0 aliphatic carbocycles. The highest BCUT2D eigenvalue weighted by molar-refractivity contribution is 4.94. The second-order valence-corrected chi connectivity index (χ2v) is 3.22. The predicted molar refractivity (Wildman–Crippen MR) is 49.2 cm³/mol. The highest BCUT2D eigenvalue weighted by Crippen LogP contribution is 2.04. The van der Waals surface area contributed by atoms with Crippen molar-refractivity contribution in [3.05, 3.63) is 0 Å². The van der Waals surface area contributed by atoms with E-state index in [0.29, 0.717) is 6.10 Å². The summed E-state index contributed by atoms with van der Waals surface area (Å²) < 4.78 is 5.36. The van der Waals surface area contributed by atoms with E-state index >= 15 is 0 Å². The Kier molecular flexibility index (Phi) is 6.60. The van der Waals surface area contributed by atoms with Crippen LogP contribution in [0, 0.1) is 17.9 Å². The van der Waals surface area contributed by atoms with E-state index in [4.69, 9.17) is 9.84 Å². The molecule has 12 heavy (non-hydrogen) atoms. The van der Waals surface area contributed by atoms with E-state index in [2.05, 4.69) is 5.92 Å². The lowest BCUT2D eigenvalue weighted by Gasteiger charge is -2.07. The van der Waals surface area contributed by atoms with E-state index in [1.807, 2.05) is 26.9 Å². The molecule has 0 aromatic heterocycles. The van der Waals surface area contributed by atoms with Gasteiger partial charge in [0.05, 0.1) is 6.10 Å². The first-order valence-electron chi connectivity index (χ1n) is 4.43. The summed E-state index contributed by atoms with van der Waals surface area (Å²) in [5.41, 5.74) is 0. The lowest BCUT2D eigenvalue weighted by molar-refractivity contribution is 0.0749. The molecule has 0 heterocycles. The molecule has 0 aliphatic rings. The van der Waals surface area contributed by atoms with Gasteiger partial charge in [-0.05, 0) is 26.7 Å². The van der Waals surface area contributed by atoms with Crippen molar-refractivity contribution in [3.8, 4) is 12.0 Å². The fraction of sp³-hybridized carbons (Fsp3) is 0.800. The predicted octanol–water partition coefficient (Wildman–Crippen LogP) is 2.16. The van der Waals surface area contributed by atoms with Crippen molar-refractivity contribution in [1.82, 2.24) is 0 Å². The molecule has 0 amide bonds. The Morgan fingerprint density at radius 1 is 1.33 bits per heavy atom. The van der Waals surface area contributed by atoms with Gasteiger partial charge in [-0.1, -0.05) is 12.8 Å². The van der Waals surface area contributed by atoms with Crippen LogP contribution in [-0.4, -0.2) is 17.8 Å². The van der Waals surface area contributed by atoms with Gasteiger partial charge >= 0.3 is 0 Å². The molecule has 1 N–H and O–H groups in total. The van der Waals surface area contributed by atoms with Crippen LogP contribution < -0.4 is 0 Å². The normalized spacial score (nSPS) is 12.3. The Hall–Kier alpha value is -0.680. The molecule has 0 rings (SSSR count). The third-order valence-corrected chi connectivity index (χ3v) is 1.54. The fourth-order valence-electron chi connectivity index (χ4n) is 0.891. The highest BCUT2D eigenvalue weighted by atomic mass is 16.5. The zero-order chi connectivity index (χ0) is 9.40. The molecule has 0 saturated heterocycles. The molecule has 0 aromatic carbocycles. The summed E-state index contributed by atoms with van der Waals surface area (Å²) in [6.07, 6.45) is 4.23. The lowest BCUT2D eigenvalue weighted by Crippen LogP contribution is -2.04. The van der Waals surface area contributed by atoms with Crippen LogP contribution in [0.15, 0.2) is 0 Å². The maximum absolute atomic E-state index is 8.29. The van der Waals surface area contributed by atoms with Crippen LogP contribution in [0.4, 0.5) is 0 Å². The molecule has 2 nitrogen and oxygen atoms in total. The van der Waals surface area contributed by atoms with Crippen LogP contribution in [0.25, 0.3) is 0 Å². The SMILES string of the molecule is CC(C#CO)CCCOC(C)C. The topological polar surface area (TPSA) is 29.5 Å². The summed E-state index contributed by atoms with van der Waals surface area (Å²) in [5.74, 6) is 2.95. The minimum absolute atomic E-state index is 0.269. The van der Waals surface area contributed by atoms with Crippen LogP contribution in [0.5, 0.6) is 0 Å². The van der Waals surface area contributed by atoms with Gasteiger partial charge < -0.3 is 9.84 Å². The average molecular weight is 170 g/mol. The molecule has 0 fully saturated rings. The van der Waals surface area contributed by atoms with Crippen LogP contribution in [-0.2, 0) is 4.74 Å². The second kappa shape index (κ2) is 7.00. The smallest absolute Gasteiger partial charge is 0.107 e. The molecule has 0 aliphatic heterocycles. The van der Waals surface area contributed by atoms with Gasteiger partial charge in [-0.3, -0.25) is 0 Å². The summed E-state index contributed by atoms with van der Waals surface area (Å²) in [5, 5.41) is 8.29. The van der Waals surface area contributed by atoms with E-state index in [0.717, 1.165) is 19.4 Å². The van der Waals surface area contributed by atoms with E-state index in [1.165, 1.54) is 0 Å². The summed E-state index contributed by atoms with van der Waals surface area (Å²) in [4.78, 5) is 0. The standard InChI is InChI=1S/C10H18O2/c1-9(2)12-8-4-5-10(3)6-7-11/h9-11H,4-5,8H2,1-3H3. The first-order valence-corrected chi connectivity index (χ1v) is 4.43. The molecular weight excluding hydrogens is 152 g/mol. The molecule has 2 heteroatoms. The Morgan fingerprint density at radius 3 is 2.50 bits per heavy atom. The summed E-state index contributed by atoms with van der Waals surface area (Å²) in [6.45, 7) is 6.83. The average Bonchev–Trinajstić information content (AvgIpc) is 1.98. The van der Waals surface area contributed by atoms with Crippen molar-refractivity contribution in [2.24, 2.45) is 5.92 Å². The van der Waals surface area contributed by atoms with Gasteiger partial charge in [-0.15, -0.1) is 0 Å².